The van der Waals surface area contributed by atoms with Crippen molar-refractivity contribution in [2.75, 3.05) is 11.1 Å². The van der Waals surface area contributed by atoms with Crippen LogP contribution in [-0.4, -0.2) is 10.5 Å². The van der Waals surface area contributed by atoms with Crippen LogP contribution in [0.2, 0.25) is 0 Å². The summed E-state index contributed by atoms with van der Waals surface area (Å²) < 4.78 is 1.67. The minimum absolute atomic E-state index is 0.0359. The lowest BCUT2D eigenvalue weighted by Crippen LogP contribution is -2.22. The van der Waals surface area contributed by atoms with E-state index in [-0.39, 0.29) is 11.5 Å². The van der Waals surface area contributed by atoms with Crippen molar-refractivity contribution in [2.24, 2.45) is 0 Å². The van der Waals surface area contributed by atoms with Gasteiger partial charge in [0, 0.05) is 36.1 Å². The number of aryl methyl sites for hydroxylation is 1. The lowest BCUT2D eigenvalue weighted by Gasteiger charge is -2.09. The van der Waals surface area contributed by atoms with Gasteiger partial charge in [-0.2, -0.15) is 0 Å². The van der Waals surface area contributed by atoms with E-state index in [2.05, 4.69) is 5.32 Å². The lowest BCUT2D eigenvalue weighted by molar-refractivity contribution is -0.116. The van der Waals surface area contributed by atoms with E-state index in [1.165, 1.54) is 6.07 Å². The zero-order valence-corrected chi connectivity index (χ0v) is 12.0. The molecule has 1 amide bonds. The Bertz CT molecular complexity index is 692. The van der Waals surface area contributed by atoms with Gasteiger partial charge in [-0.05, 0) is 37.6 Å². The number of pyridine rings is 1. The van der Waals surface area contributed by atoms with Crippen molar-refractivity contribution in [1.82, 2.24) is 4.57 Å². The fourth-order valence-electron chi connectivity index (χ4n) is 2.15. The molecule has 0 aliphatic heterocycles. The first kappa shape index (κ1) is 14.8. The number of aromatic nitrogens is 1. The Kier molecular flexibility index (Phi) is 4.77. The zero-order chi connectivity index (χ0) is 15.2. The van der Waals surface area contributed by atoms with Crippen LogP contribution in [-0.2, 0) is 11.3 Å². The average molecular weight is 285 g/mol. The van der Waals surface area contributed by atoms with Crippen LogP contribution in [0.15, 0.2) is 47.3 Å². The van der Waals surface area contributed by atoms with Gasteiger partial charge in [0.15, 0.2) is 0 Å². The molecule has 0 unspecified atom stereocenters. The zero-order valence-electron chi connectivity index (χ0n) is 12.0. The van der Waals surface area contributed by atoms with Crippen molar-refractivity contribution in [1.29, 1.82) is 0 Å². The molecule has 2 aromatic rings. The number of nitrogens with zero attached hydrogens (tertiary/aromatic N) is 1. The molecule has 0 spiro atoms. The van der Waals surface area contributed by atoms with E-state index in [9.17, 15) is 9.59 Å². The third-order valence-electron chi connectivity index (χ3n) is 3.22. The second kappa shape index (κ2) is 6.74. The first-order valence-corrected chi connectivity index (χ1v) is 6.88. The summed E-state index contributed by atoms with van der Waals surface area (Å²) in [6.07, 6.45) is 0.967. The highest BCUT2D eigenvalue weighted by Crippen LogP contribution is 2.12. The Balaban J connectivity index is 1.86. The normalized spacial score (nSPS) is 10.3. The largest absolute Gasteiger partial charge is 0.399 e. The van der Waals surface area contributed by atoms with E-state index in [1.807, 2.05) is 13.0 Å². The van der Waals surface area contributed by atoms with E-state index in [1.54, 1.807) is 34.9 Å². The van der Waals surface area contributed by atoms with Gasteiger partial charge in [-0.1, -0.05) is 12.1 Å². The molecule has 0 atom stereocenters. The number of nitrogen functional groups attached to an aromatic ring is 1. The summed E-state index contributed by atoms with van der Waals surface area (Å²) in [6.45, 7) is 2.42. The lowest BCUT2D eigenvalue weighted by atomic mass is 10.2. The third kappa shape index (κ3) is 4.21. The molecule has 2 rings (SSSR count). The van der Waals surface area contributed by atoms with Crippen molar-refractivity contribution >= 4 is 17.3 Å². The van der Waals surface area contributed by atoms with E-state index >= 15 is 0 Å². The molecule has 110 valence electrons. The molecule has 21 heavy (non-hydrogen) atoms. The van der Waals surface area contributed by atoms with E-state index < -0.39 is 0 Å². The first-order chi connectivity index (χ1) is 10.1. The molecule has 3 N–H and O–H groups in total. The predicted molar refractivity (Wildman–Crippen MR) is 84.2 cm³/mol. The second-order valence-corrected chi connectivity index (χ2v) is 4.93. The van der Waals surface area contributed by atoms with Gasteiger partial charge in [0.05, 0.1) is 0 Å². The van der Waals surface area contributed by atoms with E-state index in [0.29, 0.717) is 30.8 Å². The Morgan fingerprint density at radius 3 is 2.71 bits per heavy atom. The standard InChI is InChI=1S/C16H19N3O2/c1-12-5-2-9-16(21)19(12)10-4-8-15(20)18-14-7-3-6-13(17)11-14/h2-3,5-7,9,11H,4,8,10,17H2,1H3,(H,18,20). The number of nitrogens with two attached hydrogens (primary N) is 1. The van der Waals surface area contributed by atoms with Crippen molar-refractivity contribution < 1.29 is 4.79 Å². The van der Waals surface area contributed by atoms with Crippen LogP contribution in [0.3, 0.4) is 0 Å². The molecule has 1 aromatic heterocycles. The van der Waals surface area contributed by atoms with E-state index in [0.717, 1.165) is 5.69 Å². The smallest absolute Gasteiger partial charge is 0.250 e. The SMILES string of the molecule is Cc1cccc(=O)n1CCCC(=O)Nc1cccc(N)c1. The number of nitrogens with one attached hydrogen (secondary N) is 1. The van der Waals surface area contributed by atoms with Crippen LogP contribution >= 0.6 is 0 Å². The second-order valence-electron chi connectivity index (χ2n) is 4.93. The minimum atomic E-state index is -0.0813. The molecule has 0 saturated heterocycles. The predicted octanol–water partition coefficient (Wildman–Crippen LogP) is 2.16. The molecule has 0 bridgehead atoms. The summed E-state index contributed by atoms with van der Waals surface area (Å²) in [7, 11) is 0. The van der Waals surface area contributed by atoms with Crippen molar-refractivity contribution in [3.8, 4) is 0 Å². The average Bonchev–Trinajstić information content (AvgIpc) is 2.42. The molecule has 5 heteroatoms. The maximum atomic E-state index is 11.8. The summed E-state index contributed by atoms with van der Waals surface area (Å²) in [5.41, 5.74) is 7.82. The Hall–Kier alpha value is -2.56. The minimum Gasteiger partial charge on any atom is -0.399 e. The number of hydrogen-bond donors (Lipinski definition) is 2. The van der Waals surface area contributed by atoms with Gasteiger partial charge < -0.3 is 15.6 Å². The van der Waals surface area contributed by atoms with Crippen LogP contribution in [0.4, 0.5) is 11.4 Å². The fourth-order valence-corrected chi connectivity index (χ4v) is 2.15. The van der Waals surface area contributed by atoms with Crippen LogP contribution in [0.25, 0.3) is 0 Å². The van der Waals surface area contributed by atoms with Gasteiger partial charge >= 0.3 is 0 Å². The molecule has 0 radical (unpaired) electrons. The summed E-state index contributed by atoms with van der Waals surface area (Å²) in [6, 6.07) is 12.2. The van der Waals surface area contributed by atoms with Gasteiger partial charge in [-0.25, -0.2) is 0 Å². The number of rotatable bonds is 5. The maximum Gasteiger partial charge on any atom is 0.250 e. The molecule has 0 aliphatic carbocycles. The highest BCUT2D eigenvalue weighted by molar-refractivity contribution is 5.91. The number of carbonyl (C=O) groups is 1. The Morgan fingerprint density at radius 2 is 2.00 bits per heavy atom. The van der Waals surface area contributed by atoms with Crippen LogP contribution in [0, 0.1) is 6.92 Å². The van der Waals surface area contributed by atoms with Gasteiger partial charge in [0.25, 0.3) is 5.56 Å². The summed E-state index contributed by atoms with van der Waals surface area (Å²) in [4.78, 5) is 23.5. The quantitative estimate of drug-likeness (QED) is 0.826. The number of amides is 1. The third-order valence-corrected chi connectivity index (χ3v) is 3.22. The molecular weight excluding hydrogens is 266 g/mol. The van der Waals surface area contributed by atoms with Gasteiger partial charge in [-0.3, -0.25) is 9.59 Å². The maximum absolute atomic E-state index is 11.8. The summed E-state index contributed by atoms with van der Waals surface area (Å²) >= 11 is 0. The number of benzene rings is 1. The van der Waals surface area contributed by atoms with Gasteiger partial charge in [0.1, 0.15) is 0 Å². The van der Waals surface area contributed by atoms with Gasteiger partial charge in [-0.15, -0.1) is 0 Å². The van der Waals surface area contributed by atoms with Crippen LogP contribution < -0.4 is 16.6 Å². The van der Waals surface area contributed by atoms with Crippen molar-refractivity contribution in [2.45, 2.75) is 26.3 Å². The molecule has 0 aliphatic rings. The topological polar surface area (TPSA) is 77.1 Å². The summed E-state index contributed by atoms with van der Waals surface area (Å²) in [5, 5.41) is 2.79. The number of anilines is 2. The summed E-state index contributed by atoms with van der Waals surface area (Å²) in [5.74, 6) is -0.0813. The number of carbonyl (C=O) groups excluding carboxylic acids is 1. The number of hydrogen-bond acceptors (Lipinski definition) is 3. The van der Waals surface area contributed by atoms with Gasteiger partial charge in [0.2, 0.25) is 5.91 Å². The monoisotopic (exact) mass is 285 g/mol. The molecule has 1 aromatic carbocycles. The fraction of sp³-hybridized carbons (Fsp3) is 0.250. The Morgan fingerprint density at radius 1 is 1.24 bits per heavy atom. The molecule has 0 fully saturated rings. The first-order valence-electron chi connectivity index (χ1n) is 6.88. The molecular formula is C16H19N3O2. The van der Waals surface area contributed by atoms with Crippen LogP contribution in [0.1, 0.15) is 18.5 Å². The molecule has 1 heterocycles. The van der Waals surface area contributed by atoms with Crippen LogP contribution in [0.5, 0.6) is 0 Å². The molecule has 5 nitrogen and oxygen atoms in total. The molecule has 0 saturated carbocycles. The highest BCUT2D eigenvalue weighted by Gasteiger charge is 2.04. The van der Waals surface area contributed by atoms with E-state index in [4.69, 9.17) is 5.73 Å². The van der Waals surface area contributed by atoms with Crippen molar-refractivity contribution in [3.63, 3.8) is 0 Å². The highest BCUT2D eigenvalue weighted by atomic mass is 16.1. The van der Waals surface area contributed by atoms with Crippen molar-refractivity contribution in [3.05, 3.63) is 58.5 Å². The Labute approximate surface area is 123 Å².